The van der Waals surface area contributed by atoms with Gasteiger partial charge in [0, 0.05) is 15.6 Å². The summed E-state index contributed by atoms with van der Waals surface area (Å²) in [7, 11) is 0. The molecule has 1 aromatic carbocycles. The van der Waals surface area contributed by atoms with Crippen molar-refractivity contribution in [2.75, 3.05) is 0 Å². The number of fused-ring (bicyclic) bond motifs is 1. The fraction of sp³-hybridized carbons (Fsp3) is 0.400. The number of aliphatic hydroxyl groups is 1. The molecule has 0 spiro atoms. The van der Waals surface area contributed by atoms with Crippen LogP contribution in [0, 0.1) is 5.92 Å². The van der Waals surface area contributed by atoms with Crippen LogP contribution >= 0.6 is 23.2 Å². The molecule has 0 saturated carbocycles. The Kier molecular flexibility index (Phi) is 2.26. The van der Waals surface area contributed by atoms with E-state index in [2.05, 4.69) is 0 Å². The predicted molar refractivity (Wildman–Crippen MR) is 54.3 cm³/mol. The molecule has 0 heterocycles. The second kappa shape index (κ2) is 3.16. The number of benzene rings is 1. The smallest absolute Gasteiger partial charge is 0.0836 e. The maximum absolute atomic E-state index is 9.81. The van der Waals surface area contributed by atoms with Crippen molar-refractivity contribution in [2.24, 2.45) is 5.92 Å². The summed E-state index contributed by atoms with van der Waals surface area (Å²) in [5.74, 6) is 0.215. The molecule has 0 saturated heterocycles. The maximum Gasteiger partial charge on any atom is 0.0836 e. The molecule has 0 aromatic heterocycles. The Morgan fingerprint density at radius 2 is 1.92 bits per heavy atom. The molecule has 1 N–H and O–H groups in total. The molecule has 70 valence electrons. The molecule has 0 fully saturated rings. The van der Waals surface area contributed by atoms with E-state index in [-0.39, 0.29) is 5.92 Å². The summed E-state index contributed by atoms with van der Waals surface area (Å²) >= 11 is 12.0. The molecule has 1 nitrogen and oxygen atoms in total. The summed E-state index contributed by atoms with van der Waals surface area (Å²) in [4.78, 5) is 0. The number of hydrogen-bond acceptors (Lipinski definition) is 1. The van der Waals surface area contributed by atoms with E-state index in [9.17, 15) is 5.11 Å². The summed E-state index contributed by atoms with van der Waals surface area (Å²) in [6.07, 6.45) is 0.358. The zero-order valence-electron chi connectivity index (χ0n) is 7.22. The van der Waals surface area contributed by atoms with Crippen LogP contribution in [0.2, 0.25) is 10.0 Å². The van der Waals surface area contributed by atoms with Gasteiger partial charge in [0.2, 0.25) is 0 Å². The molecule has 13 heavy (non-hydrogen) atoms. The Bertz CT molecular complexity index is 349. The second-order valence-corrected chi connectivity index (χ2v) is 4.36. The fourth-order valence-electron chi connectivity index (χ4n) is 1.85. The van der Waals surface area contributed by atoms with E-state index < -0.39 is 6.10 Å². The van der Waals surface area contributed by atoms with Crippen molar-refractivity contribution < 1.29 is 5.11 Å². The lowest BCUT2D eigenvalue weighted by Crippen LogP contribution is -2.01. The van der Waals surface area contributed by atoms with Gasteiger partial charge in [0.1, 0.15) is 0 Å². The van der Waals surface area contributed by atoms with Crippen molar-refractivity contribution in [1.29, 1.82) is 0 Å². The first kappa shape index (κ1) is 9.32. The third kappa shape index (κ3) is 1.35. The standard InChI is InChI=1S/C10H10Cl2O/c1-5-4-6-7(11)2-3-8(12)9(6)10(5)13/h2-3,5,10,13H,4H2,1H3. The summed E-state index contributed by atoms with van der Waals surface area (Å²) in [6.45, 7) is 2.00. The first-order valence-electron chi connectivity index (χ1n) is 4.26. The van der Waals surface area contributed by atoms with Crippen LogP contribution in [0.1, 0.15) is 24.2 Å². The number of hydrogen-bond donors (Lipinski definition) is 1. The third-order valence-corrected chi connectivity index (χ3v) is 3.29. The monoisotopic (exact) mass is 216 g/mol. The van der Waals surface area contributed by atoms with Gasteiger partial charge in [-0.3, -0.25) is 0 Å². The highest BCUT2D eigenvalue weighted by molar-refractivity contribution is 6.34. The number of rotatable bonds is 0. The van der Waals surface area contributed by atoms with Gasteiger partial charge in [0.25, 0.3) is 0 Å². The molecular formula is C10H10Cl2O. The summed E-state index contributed by atoms with van der Waals surface area (Å²) in [6, 6.07) is 3.53. The van der Waals surface area contributed by atoms with E-state index in [1.54, 1.807) is 12.1 Å². The van der Waals surface area contributed by atoms with Gasteiger partial charge in [-0.1, -0.05) is 30.1 Å². The van der Waals surface area contributed by atoms with E-state index in [1.807, 2.05) is 6.92 Å². The van der Waals surface area contributed by atoms with Crippen LogP contribution in [0.5, 0.6) is 0 Å². The highest BCUT2D eigenvalue weighted by Gasteiger charge is 2.31. The van der Waals surface area contributed by atoms with Crippen molar-refractivity contribution in [2.45, 2.75) is 19.4 Å². The quantitative estimate of drug-likeness (QED) is 0.707. The normalized spacial score (nSPS) is 26.2. The minimum absolute atomic E-state index is 0.215. The van der Waals surface area contributed by atoms with E-state index >= 15 is 0 Å². The Hall–Kier alpha value is -0.240. The first-order chi connectivity index (χ1) is 6.11. The average molecular weight is 217 g/mol. The van der Waals surface area contributed by atoms with Crippen LogP contribution < -0.4 is 0 Å². The van der Waals surface area contributed by atoms with Crippen molar-refractivity contribution >= 4 is 23.2 Å². The van der Waals surface area contributed by atoms with E-state index in [0.717, 1.165) is 17.5 Å². The van der Waals surface area contributed by atoms with E-state index in [1.165, 1.54) is 0 Å². The van der Waals surface area contributed by atoms with Crippen molar-refractivity contribution in [3.05, 3.63) is 33.3 Å². The minimum Gasteiger partial charge on any atom is -0.388 e. The van der Waals surface area contributed by atoms with Crippen LogP contribution in [0.15, 0.2) is 12.1 Å². The molecule has 3 heteroatoms. The first-order valence-corrected chi connectivity index (χ1v) is 5.01. The van der Waals surface area contributed by atoms with Gasteiger partial charge in [0.05, 0.1) is 6.10 Å². The van der Waals surface area contributed by atoms with Gasteiger partial charge in [-0.05, 0) is 30.0 Å². The molecule has 2 rings (SSSR count). The highest BCUT2D eigenvalue weighted by Crippen LogP contribution is 2.42. The molecule has 2 unspecified atom stereocenters. The Morgan fingerprint density at radius 3 is 2.54 bits per heavy atom. The zero-order valence-corrected chi connectivity index (χ0v) is 8.73. The van der Waals surface area contributed by atoms with Crippen LogP contribution in [0.25, 0.3) is 0 Å². The molecule has 2 atom stereocenters. The molecule has 1 aromatic rings. The van der Waals surface area contributed by atoms with Crippen molar-refractivity contribution in [3.63, 3.8) is 0 Å². The SMILES string of the molecule is CC1Cc2c(Cl)ccc(Cl)c2C1O. The zero-order chi connectivity index (χ0) is 9.59. The van der Waals surface area contributed by atoms with Crippen LogP contribution in [0.3, 0.4) is 0 Å². The minimum atomic E-state index is -0.457. The Labute approximate surface area is 87.3 Å². The van der Waals surface area contributed by atoms with Crippen molar-refractivity contribution in [1.82, 2.24) is 0 Å². The van der Waals surface area contributed by atoms with E-state index in [4.69, 9.17) is 23.2 Å². The summed E-state index contributed by atoms with van der Waals surface area (Å²) in [5, 5.41) is 11.1. The summed E-state index contributed by atoms with van der Waals surface area (Å²) < 4.78 is 0. The second-order valence-electron chi connectivity index (χ2n) is 3.55. The lowest BCUT2D eigenvalue weighted by atomic mass is 10.1. The number of halogens is 2. The largest absolute Gasteiger partial charge is 0.388 e. The van der Waals surface area contributed by atoms with Crippen LogP contribution in [0.4, 0.5) is 0 Å². The summed E-state index contributed by atoms with van der Waals surface area (Å²) in [5.41, 5.74) is 1.83. The number of aliphatic hydroxyl groups excluding tert-OH is 1. The molecule has 0 bridgehead atoms. The van der Waals surface area contributed by atoms with Gasteiger partial charge in [-0.15, -0.1) is 0 Å². The molecule has 1 aliphatic carbocycles. The molecule has 0 aliphatic heterocycles. The fourth-order valence-corrected chi connectivity index (χ4v) is 2.39. The lowest BCUT2D eigenvalue weighted by molar-refractivity contribution is 0.133. The van der Waals surface area contributed by atoms with Gasteiger partial charge < -0.3 is 5.11 Å². The molecule has 0 radical (unpaired) electrons. The van der Waals surface area contributed by atoms with Crippen LogP contribution in [-0.2, 0) is 6.42 Å². The van der Waals surface area contributed by atoms with Gasteiger partial charge in [-0.25, -0.2) is 0 Å². The van der Waals surface area contributed by atoms with Crippen LogP contribution in [-0.4, -0.2) is 5.11 Å². The Balaban J connectivity index is 2.61. The van der Waals surface area contributed by atoms with Gasteiger partial charge in [0.15, 0.2) is 0 Å². The Morgan fingerprint density at radius 1 is 1.31 bits per heavy atom. The molecular weight excluding hydrogens is 207 g/mol. The lowest BCUT2D eigenvalue weighted by Gasteiger charge is -2.09. The molecule has 0 amide bonds. The third-order valence-electron chi connectivity index (χ3n) is 2.61. The topological polar surface area (TPSA) is 20.2 Å². The van der Waals surface area contributed by atoms with Gasteiger partial charge in [-0.2, -0.15) is 0 Å². The average Bonchev–Trinajstić information content (AvgIpc) is 2.38. The van der Waals surface area contributed by atoms with Gasteiger partial charge >= 0.3 is 0 Å². The highest BCUT2D eigenvalue weighted by atomic mass is 35.5. The maximum atomic E-state index is 9.81. The molecule has 1 aliphatic rings. The van der Waals surface area contributed by atoms with E-state index in [0.29, 0.717) is 10.0 Å². The predicted octanol–water partition coefficient (Wildman–Crippen LogP) is 3.22. The van der Waals surface area contributed by atoms with Crippen molar-refractivity contribution in [3.8, 4) is 0 Å².